The topological polar surface area (TPSA) is 75.2 Å². The van der Waals surface area contributed by atoms with Gasteiger partial charge in [-0.1, -0.05) is 12.1 Å². The van der Waals surface area contributed by atoms with Crippen molar-refractivity contribution in [2.45, 2.75) is 38.5 Å². The molecule has 0 spiro atoms. The number of fused-ring (bicyclic) bond motifs is 2. The minimum absolute atomic E-state index is 0.116. The van der Waals surface area contributed by atoms with E-state index < -0.39 is 0 Å². The van der Waals surface area contributed by atoms with Crippen molar-refractivity contribution < 1.29 is 9.59 Å². The van der Waals surface area contributed by atoms with Crippen LogP contribution in [0.15, 0.2) is 42.4 Å². The van der Waals surface area contributed by atoms with Gasteiger partial charge >= 0.3 is 0 Å². The SMILES string of the molecule is O=C(NCC12CCC=C1N(CC1CC1)C(=O)CC2)c1cccc2nccnc12. The predicted octanol–water partition coefficient (Wildman–Crippen LogP) is 3.06. The predicted molar refractivity (Wildman–Crippen MR) is 105 cm³/mol. The molecule has 1 aliphatic heterocycles. The minimum atomic E-state index is -0.127. The van der Waals surface area contributed by atoms with Crippen LogP contribution in [-0.2, 0) is 4.79 Å². The Morgan fingerprint density at radius 1 is 1.21 bits per heavy atom. The molecule has 0 radical (unpaired) electrons. The lowest BCUT2D eigenvalue weighted by Gasteiger charge is -2.42. The van der Waals surface area contributed by atoms with E-state index in [-0.39, 0.29) is 17.2 Å². The van der Waals surface area contributed by atoms with Gasteiger partial charge in [-0.05, 0) is 50.2 Å². The zero-order chi connectivity index (χ0) is 19.1. The van der Waals surface area contributed by atoms with E-state index in [0.717, 1.165) is 31.5 Å². The lowest BCUT2D eigenvalue weighted by molar-refractivity contribution is -0.133. The highest BCUT2D eigenvalue weighted by molar-refractivity contribution is 6.04. The summed E-state index contributed by atoms with van der Waals surface area (Å²) in [6.45, 7) is 1.40. The Morgan fingerprint density at radius 3 is 2.93 bits per heavy atom. The second-order valence-corrected chi connectivity index (χ2v) is 8.27. The fourth-order valence-electron chi connectivity index (χ4n) is 4.64. The first-order chi connectivity index (χ1) is 13.7. The Hall–Kier alpha value is -2.76. The summed E-state index contributed by atoms with van der Waals surface area (Å²) in [6.07, 6.45) is 11.3. The van der Waals surface area contributed by atoms with Crippen LogP contribution in [0.3, 0.4) is 0 Å². The number of benzene rings is 1. The third kappa shape index (κ3) is 2.97. The van der Waals surface area contributed by atoms with E-state index in [4.69, 9.17) is 0 Å². The van der Waals surface area contributed by atoms with Crippen LogP contribution in [0.25, 0.3) is 11.0 Å². The van der Waals surface area contributed by atoms with E-state index in [9.17, 15) is 9.59 Å². The van der Waals surface area contributed by atoms with Gasteiger partial charge in [0.2, 0.25) is 5.91 Å². The third-order valence-corrected chi connectivity index (χ3v) is 6.38. The lowest BCUT2D eigenvalue weighted by Crippen LogP contribution is -2.48. The standard InChI is InChI=1S/C22H24N4O2/c27-19-8-10-22(9-2-5-18(22)26(19)13-15-6-7-15)14-25-21(28)16-3-1-4-17-20(16)24-12-11-23-17/h1,3-5,11-12,15H,2,6-10,13-14H2,(H,25,28). The summed E-state index contributed by atoms with van der Waals surface area (Å²) < 4.78 is 0. The fourth-order valence-corrected chi connectivity index (χ4v) is 4.64. The zero-order valence-electron chi connectivity index (χ0n) is 15.9. The van der Waals surface area contributed by atoms with Crippen molar-refractivity contribution in [3.8, 4) is 0 Å². The molecule has 6 heteroatoms. The molecule has 1 N–H and O–H groups in total. The molecule has 1 unspecified atom stereocenters. The van der Waals surface area contributed by atoms with Gasteiger partial charge in [0.05, 0.1) is 11.1 Å². The van der Waals surface area contributed by atoms with Crippen LogP contribution in [0.4, 0.5) is 0 Å². The number of hydrogen-bond acceptors (Lipinski definition) is 4. The normalized spacial score (nSPS) is 24.2. The zero-order valence-corrected chi connectivity index (χ0v) is 15.9. The highest BCUT2D eigenvalue weighted by atomic mass is 16.2. The van der Waals surface area contributed by atoms with Crippen molar-refractivity contribution in [2.24, 2.45) is 11.3 Å². The van der Waals surface area contributed by atoms with Crippen molar-refractivity contribution in [3.05, 3.63) is 47.9 Å². The number of piperidine rings is 1. The van der Waals surface area contributed by atoms with Crippen LogP contribution in [-0.4, -0.2) is 39.8 Å². The molecule has 144 valence electrons. The monoisotopic (exact) mass is 376 g/mol. The van der Waals surface area contributed by atoms with Gasteiger partial charge in [0, 0.05) is 43.0 Å². The summed E-state index contributed by atoms with van der Waals surface area (Å²) in [5.74, 6) is 0.772. The van der Waals surface area contributed by atoms with Crippen LogP contribution >= 0.6 is 0 Å². The molecular weight excluding hydrogens is 352 g/mol. The first-order valence-corrected chi connectivity index (χ1v) is 10.2. The summed E-state index contributed by atoms with van der Waals surface area (Å²) in [5.41, 5.74) is 2.92. The van der Waals surface area contributed by atoms with Crippen molar-refractivity contribution in [1.29, 1.82) is 0 Å². The molecule has 2 aliphatic carbocycles. The van der Waals surface area contributed by atoms with Crippen LogP contribution in [0.1, 0.15) is 48.9 Å². The van der Waals surface area contributed by atoms with E-state index in [2.05, 4.69) is 21.4 Å². The molecule has 3 aliphatic rings. The summed E-state index contributed by atoms with van der Waals surface area (Å²) in [7, 11) is 0. The van der Waals surface area contributed by atoms with Gasteiger partial charge in [0.1, 0.15) is 5.52 Å². The number of para-hydroxylation sites is 1. The Kier molecular flexibility index (Phi) is 4.14. The van der Waals surface area contributed by atoms with Crippen LogP contribution in [0, 0.1) is 11.3 Å². The van der Waals surface area contributed by atoms with Gasteiger partial charge in [-0.2, -0.15) is 0 Å². The minimum Gasteiger partial charge on any atom is -0.351 e. The molecule has 28 heavy (non-hydrogen) atoms. The average molecular weight is 376 g/mol. The van der Waals surface area contributed by atoms with E-state index in [1.165, 1.54) is 12.8 Å². The van der Waals surface area contributed by atoms with Crippen molar-refractivity contribution >= 4 is 22.8 Å². The number of carbonyl (C=O) groups is 2. The number of amides is 2. The molecule has 6 nitrogen and oxygen atoms in total. The highest BCUT2D eigenvalue weighted by Crippen LogP contribution is 2.48. The van der Waals surface area contributed by atoms with E-state index in [0.29, 0.717) is 35.5 Å². The van der Waals surface area contributed by atoms with Gasteiger partial charge in [-0.3, -0.25) is 19.6 Å². The number of rotatable bonds is 5. The smallest absolute Gasteiger partial charge is 0.253 e. The lowest BCUT2D eigenvalue weighted by atomic mass is 9.76. The first-order valence-electron chi connectivity index (χ1n) is 10.2. The molecule has 1 saturated heterocycles. The summed E-state index contributed by atoms with van der Waals surface area (Å²) in [6, 6.07) is 5.49. The number of hydrogen-bond donors (Lipinski definition) is 1. The van der Waals surface area contributed by atoms with Gasteiger partial charge < -0.3 is 10.2 Å². The van der Waals surface area contributed by atoms with Crippen molar-refractivity contribution in [2.75, 3.05) is 13.1 Å². The fraction of sp³-hybridized carbons (Fsp3) is 0.455. The third-order valence-electron chi connectivity index (χ3n) is 6.38. The molecule has 5 rings (SSSR count). The first kappa shape index (κ1) is 17.3. The molecule has 2 aromatic rings. The maximum absolute atomic E-state index is 12.9. The molecule has 2 fully saturated rings. The number of nitrogens with one attached hydrogen (secondary N) is 1. The molecule has 1 saturated carbocycles. The van der Waals surface area contributed by atoms with Crippen molar-refractivity contribution in [1.82, 2.24) is 20.2 Å². The molecule has 2 amide bonds. The largest absolute Gasteiger partial charge is 0.351 e. The van der Waals surface area contributed by atoms with Crippen LogP contribution in [0.5, 0.6) is 0 Å². The Balaban J connectivity index is 1.36. The maximum atomic E-state index is 12.9. The number of aromatic nitrogens is 2. The summed E-state index contributed by atoms with van der Waals surface area (Å²) in [4.78, 5) is 36.1. The van der Waals surface area contributed by atoms with Crippen molar-refractivity contribution in [3.63, 3.8) is 0 Å². The number of allylic oxidation sites excluding steroid dienone is 1. The molecule has 2 heterocycles. The highest BCUT2D eigenvalue weighted by Gasteiger charge is 2.46. The molecular formula is C22H24N4O2. The number of likely N-dealkylation sites (tertiary alicyclic amines) is 1. The van der Waals surface area contributed by atoms with Gasteiger partial charge in [0.25, 0.3) is 5.91 Å². The molecule has 1 atom stereocenters. The van der Waals surface area contributed by atoms with Gasteiger partial charge in [-0.15, -0.1) is 0 Å². The second-order valence-electron chi connectivity index (χ2n) is 8.27. The maximum Gasteiger partial charge on any atom is 0.253 e. The Morgan fingerprint density at radius 2 is 2.07 bits per heavy atom. The van der Waals surface area contributed by atoms with Crippen LogP contribution in [0.2, 0.25) is 0 Å². The summed E-state index contributed by atoms with van der Waals surface area (Å²) >= 11 is 0. The Bertz CT molecular complexity index is 976. The Labute approximate surface area is 164 Å². The summed E-state index contributed by atoms with van der Waals surface area (Å²) in [5, 5.41) is 3.14. The average Bonchev–Trinajstić information content (AvgIpc) is 3.45. The molecule has 1 aromatic heterocycles. The van der Waals surface area contributed by atoms with Crippen LogP contribution < -0.4 is 5.32 Å². The number of nitrogens with zero attached hydrogens (tertiary/aromatic N) is 3. The van der Waals surface area contributed by atoms with E-state index in [1.54, 1.807) is 18.5 Å². The van der Waals surface area contributed by atoms with Gasteiger partial charge in [0.15, 0.2) is 0 Å². The molecule has 0 bridgehead atoms. The van der Waals surface area contributed by atoms with E-state index >= 15 is 0 Å². The number of carbonyl (C=O) groups excluding carboxylic acids is 2. The second kappa shape index (κ2) is 6.69. The van der Waals surface area contributed by atoms with Gasteiger partial charge in [-0.25, -0.2) is 0 Å². The molecule has 1 aromatic carbocycles. The quantitative estimate of drug-likeness (QED) is 0.870. The van der Waals surface area contributed by atoms with E-state index in [1.807, 2.05) is 17.0 Å².